The molecule has 1 aromatic carbocycles. The Morgan fingerprint density at radius 3 is 2.47 bits per heavy atom. The van der Waals surface area contributed by atoms with Gasteiger partial charge in [-0.3, -0.25) is 4.79 Å². The van der Waals surface area contributed by atoms with Crippen molar-refractivity contribution in [2.24, 2.45) is 5.73 Å². The summed E-state index contributed by atoms with van der Waals surface area (Å²) >= 11 is 0. The summed E-state index contributed by atoms with van der Waals surface area (Å²) in [5, 5.41) is 2.71. The van der Waals surface area contributed by atoms with Gasteiger partial charge in [0.1, 0.15) is 5.82 Å². The molecule has 5 heteroatoms. The van der Waals surface area contributed by atoms with Gasteiger partial charge in [0.2, 0.25) is 5.91 Å². The minimum absolute atomic E-state index is 0. The summed E-state index contributed by atoms with van der Waals surface area (Å²) in [4.78, 5) is 11.3. The summed E-state index contributed by atoms with van der Waals surface area (Å²) in [6, 6.07) is 4.12. The molecule has 0 saturated carbocycles. The molecule has 2 atom stereocenters. The number of nitrogens with two attached hydrogens (primary N) is 1. The molecular weight excluding hydrogens is 243 g/mol. The van der Waals surface area contributed by atoms with Gasteiger partial charge >= 0.3 is 0 Å². The van der Waals surface area contributed by atoms with Crippen molar-refractivity contribution < 1.29 is 9.18 Å². The molecule has 1 unspecified atom stereocenters. The van der Waals surface area contributed by atoms with Crippen molar-refractivity contribution in [1.29, 1.82) is 0 Å². The van der Waals surface area contributed by atoms with E-state index in [1.807, 2.05) is 0 Å². The zero-order valence-electron chi connectivity index (χ0n) is 10.2. The highest BCUT2D eigenvalue weighted by Gasteiger charge is 2.13. The fraction of sp³-hybridized carbons (Fsp3) is 0.417. The quantitative estimate of drug-likeness (QED) is 0.874. The SMILES string of the molecule is Cc1ccc(C(C)NC(=O)[C@@H](C)N)cc1F.Cl. The van der Waals surface area contributed by atoms with Crippen LogP contribution < -0.4 is 11.1 Å². The van der Waals surface area contributed by atoms with E-state index in [0.29, 0.717) is 5.56 Å². The number of benzene rings is 1. The molecule has 17 heavy (non-hydrogen) atoms. The largest absolute Gasteiger partial charge is 0.348 e. The smallest absolute Gasteiger partial charge is 0.237 e. The monoisotopic (exact) mass is 260 g/mol. The molecular formula is C12H18ClFN2O. The number of rotatable bonds is 3. The van der Waals surface area contributed by atoms with Crippen molar-refractivity contribution >= 4 is 18.3 Å². The normalized spacial score (nSPS) is 13.5. The van der Waals surface area contributed by atoms with E-state index in [4.69, 9.17) is 5.73 Å². The third kappa shape index (κ3) is 4.32. The molecule has 0 aliphatic carbocycles. The molecule has 1 aromatic rings. The lowest BCUT2D eigenvalue weighted by Gasteiger charge is -2.16. The van der Waals surface area contributed by atoms with Crippen LogP contribution in [0.2, 0.25) is 0 Å². The Kier molecular flexibility index (Phi) is 6.13. The van der Waals surface area contributed by atoms with Crippen molar-refractivity contribution in [3.05, 3.63) is 35.1 Å². The third-order valence-electron chi connectivity index (χ3n) is 2.47. The van der Waals surface area contributed by atoms with E-state index in [1.165, 1.54) is 6.07 Å². The molecule has 1 amide bonds. The Bertz CT molecular complexity index is 396. The third-order valence-corrected chi connectivity index (χ3v) is 2.47. The number of nitrogens with one attached hydrogen (secondary N) is 1. The Labute approximate surface area is 107 Å². The van der Waals surface area contributed by atoms with Crippen LogP contribution in [0, 0.1) is 12.7 Å². The summed E-state index contributed by atoms with van der Waals surface area (Å²) < 4.78 is 13.3. The second-order valence-corrected chi connectivity index (χ2v) is 4.03. The standard InChI is InChI=1S/C12H17FN2O.ClH/c1-7-4-5-10(6-11(7)13)9(3)15-12(16)8(2)14;/h4-6,8-9H,14H2,1-3H3,(H,15,16);1H/t8-,9?;/m1./s1. The van der Waals surface area contributed by atoms with Crippen molar-refractivity contribution in [3.8, 4) is 0 Å². The lowest BCUT2D eigenvalue weighted by molar-refractivity contribution is -0.122. The first-order chi connectivity index (χ1) is 7.41. The minimum Gasteiger partial charge on any atom is -0.348 e. The van der Waals surface area contributed by atoms with Crippen LogP contribution in [0.15, 0.2) is 18.2 Å². The fourth-order valence-electron chi connectivity index (χ4n) is 1.31. The number of carbonyl (C=O) groups excluding carboxylic acids is 1. The highest BCUT2D eigenvalue weighted by molar-refractivity contribution is 5.85. The van der Waals surface area contributed by atoms with Crippen molar-refractivity contribution in [2.45, 2.75) is 32.9 Å². The summed E-state index contributed by atoms with van der Waals surface area (Å²) in [5.41, 5.74) is 6.76. The summed E-state index contributed by atoms with van der Waals surface area (Å²) in [5.74, 6) is -0.507. The summed E-state index contributed by atoms with van der Waals surface area (Å²) in [7, 11) is 0. The van der Waals surface area contributed by atoms with Gasteiger partial charge in [-0.2, -0.15) is 0 Å². The van der Waals surface area contributed by atoms with Crippen LogP contribution in [-0.4, -0.2) is 11.9 Å². The Morgan fingerprint density at radius 1 is 1.41 bits per heavy atom. The van der Waals surface area contributed by atoms with Gasteiger partial charge in [-0.15, -0.1) is 12.4 Å². The molecule has 0 radical (unpaired) electrons. The van der Waals surface area contributed by atoms with Gasteiger partial charge in [0.15, 0.2) is 0 Å². The highest BCUT2D eigenvalue weighted by Crippen LogP contribution is 2.16. The predicted molar refractivity (Wildman–Crippen MR) is 68.6 cm³/mol. The molecule has 3 N–H and O–H groups in total. The maximum atomic E-state index is 13.3. The minimum atomic E-state index is -0.558. The zero-order valence-corrected chi connectivity index (χ0v) is 11.0. The van der Waals surface area contributed by atoms with Crippen LogP contribution >= 0.6 is 12.4 Å². The van der Waals surface area contributed by atoms with Crippen molar-refractivity contribution in [3.63, 3.8) is 0 Å². The number of hydrogen-bond donors (Lipinski definition) is 2. The van der Waals surface area contributed by atoms with E-state index < -0.39 is 6.04 Å². The highest BCUT2D eigenvalue weighted by atomic mass is 35.5. The first-order valence-corrected chi connectivity index (χ1v) is 5.24. The fourth-order valence-corrected chi connectivity index (χ4v) is 1.31. The van der Waals surface area contributed by atoms with Gasteiger partial charge in [0.25, 0.3) is 0 Å². The molecule has 1 rings (SSSR count). The molecule has 0 spiro atoms. The van der Waals surface area contributed by atoms with E-state index in [1.54, 1.807) is 32.9 Å². The molecule has 0 heterocycles. The Morgan fingerprint density at radius 2 is 2.00 bits per heavy atom. The van der Waals surface area contributed by atoms with Crippen molar-refractivity contribution in [1.82, 2.24) is 5.32 Å². The second-order valence-electron chi connectivity index (χ2n) is 4.03. The summed E-state index contributed by atoms with van der Waals surface area (Å²) in [6.07, 6.45) is 0. The number of halogens is 2. The average molecular weight is 261 g/mol. The van der Waals surface area contributed by atoms with E-state index in [0.717, 1.165) is 5.56 Å². The molecule has 96 valence electrons. The molecule has 0 aromatic heterocycles. The van der Waals surface area contributed by atoms with Gasteiger partial charge in [-0.1, -0.05) is 12.1 Å². The van der Waals surface area contributed by atoms with Gasteiger partial charge < -0.3 is 11.1 Å². The lowest BCUT2D eigenvalue weighted by Crippen LogP contribution is -2.39. The average Bonchev–Trinajstić information content (AvgIpc) is 2.21. The van der Waals surface area contributed by atoms with E-state index >= 15 is 0 Å². The maximum absolute atomic E-state index is 13.3. The van der Waals surface area contributed by atoms with Gasteiger partial charge in [0.05, 0.1) is 12.1 Å². The molecule has 0 bridgehead atoms. The van der Waals surface area contributed by atoms with Crippen LogP contribution in [0.4, 0.5) is 4.39 Å². The Balaban J connectivity index is 0.00000256. The zero-order chi connectivity index (χ0) is 12.3. The topological polar surface area (TPSA) is 55.1 Å². The van der Waals surface area contributed by atoms with Crippen LogP contribution in [0.25, 0.3) is 0 Å². The summed E-state index contributed by atoms with van der Waals surface area (Å²) in [6.45, 7) is 5.10. The van der Waals surface area contributed by atoms with E-state index in [9.17, 15) is 9.18 Å². The number of hydrogen-bond acceptors (Lipinski definition) is 2. The van der Waals surface area contributed by atoms with Crippen LogP contribution in [0.5, 0.6) is 0 Å². The van der Waals surface area contributed by atoms with E-state index in [-0.39, 0.29) is 30.2 Å². The second kappa shape index (κ2) is 6.57. The number of amides is 1. The first-order valence-electron chi connectivity index (χ1n) is 5.24. The van der Waals surface area contributed by atoms with Crippen molar-refractivity contribution in [2.75, 3.05) is 0 Å². The van der Waals surface area contributed by atoms with Gasteiger partial charge in [-0.05, 0) is 38.0 Å². The maximum Gasteiger partial charge on any atom is 0.237 e. The van der Waals surface area contributed by atoms with Crippen LogP contribution in [0.1, 0.15) is 31.0 Å². The lowest BCUT2D eigenvalue weighted by atomic mass is 10.1. The molecule has 0 fully saturated rings. The van der Waals surface area contributed by atoms with E-state index in [2.05, 4.69) is 5.32 Å². The Hall–Kier alpha value is -1.13. The molecule has 0 saturated heterocycles. The predicted octanol–water partition coefficient (Wildman–Crippen LogP) is 2.08. The first kappa shape index (κ1) is 15.9. The van der Waals surface area contributed by atoms with Gasteiger partial charge in [-0.25, -0.2) is 4.39 Å². The number of aryl methyl sites for hydroxylation is 1. The van der Waals surface area contributed by atoms with Crippen LogP contribution in [-0.2, 0) is 4.79 Å². The van der Waals surface area contributed by atoms with Gasteiger partial charge in [0, 0.05) is 0 Å². The van der Waals surface area contributed by atoms with Crippen LogP contribution in [0.3, 0.4) is 0 Å². The number of carbonyl (C=O) groups is 1. The molecule has 0 aliphatic rings. The molecule has 0 aliphatic heterocycles. The molecule has 3 nitrogen and oxygen atoms in total.